The molecular formula is C21H21NO7. The van der Waals surface area contributed by atoms with Crippen molar-refractivity contribution in [2.24, 2.45) is 0 Å². The summed E-state index contributed by atoms with van der Waals surface area (Å²) in [6, 6.07) is 10.6. The van der Waals surface area contributed by atoms with Gasteiger partial charge in [0.15, 0.2) is 29.6 Å². The van der Waals surface area contributed by atoms with E-state index in [0.717, 1.165) is 11.1 Å². The fraction of sp³-hybridized carbons (Fsp3) is 0.238. The zero-order valence-electron chi connectivity index (χ0n) is 16.1. The first-order valence-electron chi connectivity index (χ1n) is 8.81. The van der Waals surface area contributed by atoms with Gasteiger partial charge in [0, 0.05) is 12.6 Å². The van der Waals surface area contributed by atoms with Crippen molar-refractivity contribution in [1.82, 2.24) is 5.32 Å². The number of methoxy groups -OCH3 is 2. The normalized spacial score (nSPS) is 11.9. The second kappa shape index (κ2) is 9.50. The van der Waals surface area contributed by atoms with Crippen LogP contribution < -0.4 is 24.3 Å². The molecule has 0 bridgehead atoms. The third kappa shape index (κ3) is 5.41. The second-order valence-electron chi connectivity index (χ2n) is 6.02. The first-order valence-corrected chi connectivity index (χ1v) is 8.81. The van der Waals surface area contributed by atoms with Crippen molar-refractivity contribution in [2.75, 3.05) is 27.6 Å². The van der Waals surface area contributed by atoms with Crippen molar-refractivity contribution in [2.45, 2.75) is 6.54 Å². The molecule has 0 radical (unpaired) electrons. The van der Waals surface area contributed by atoms with Gasteiger partial charge in [0.25, 0.3) is 5.91 Å². The highest BCUT2D eigenvalue weighted by molar-refractivity contribution is 5.89. The van der Waals surface area contributed by atoms with Crippen LogP contribution in [0, 0.1) is 0 Å². The molecule has 1 heterocycles. The fourth-order valence-electron chi connectivity index (χ4n) is 2.61. The molecule has 0 fully saturated rings. The molecule has 0 atom stereocenters. The van der Waals surface area contributed by atoms with Crippen LogP contribution in [0.4, 0.5) is 0 Å². The number of esters is 1. The predicted octanol–water partition coefficient (Wildman–Crippen LogP) is 2.31. The average Bonchev–Trinajstić information content (AvgIpc) is 3.22. The Balaban J connectivity index is 1.44. The SMILES string of the molecule is COc1ccc(/C=C/C(=O)OCC(=O)NCc2ccc3c(c2)OCO3)cc1OC. The van der Waals surface area contributed by atoms with E-state index in [1.54, 1.807) is 43.5 Å². The predicted molar refractivity (Wildman–Crippen MR) is 104 cm³/mol. The number of carbonyl (C=O) groups excluding carboxylic acids is 2. The van der Waals surface area contributed by atoms with Crippen molar-refractivity contribution in [3.8, 4) is 23.0 Å². The van der Waals surface area contributed by atoms with Gasteiger partial charge in [-0.15, -0.1) is 0 Å². The van der Waals surface area contributed by atoms with Gasteiger partial charge in [-0.2, -0.15) is 0 Å². The Bertz CT molecular complexity index is 923. The maximum absolute atomic E-state index is 11.9. The van der Waals surface area contributed by atoms with E-state index in [2.05, 4.69) is 5.32 Å². The molecule has 1 N–H and O–H groups in total. The molecule has 152 valence electrons. The van der Waals surface area contributed by atoms with Crippen LogP contribution >= 0.6 is 0 Å². The molecule has 1 amide bonds. The number of hydrogen-bond acceptors (Lipinski definition) is 7. The van der Waals surface area contributed by atoms with Gasteiger partial charge >= 0.3 is 5.97 Å². The van der Waals surface area contributed by atoms with Gasteiger partial charge in [0.05, 0.1) is 14.2 Å². The third-order valence-corrected chi connectivity index (χ3v) is 4.09. The maximum Gasteiger partial charge on any atom is 0.331 e. The molecule has 2 aromatic carbocycles. The lowest BCUT2D eigenvalue weighted by atomic mass is 10.2. The highest BCUT2D eigenvalue weighted by Gasteiger charge is 2.13. The van der Waals surface area contributed by atoms with Gasteiger partial charge in [-0.3, -0.25) is 4.79 Å². The van der Waals surface area contributed by atoms with Crippen LogP contribution in [-0.4, -0.2) is 39.5 Å². The number of amides is 1. The Labute approximate surface area is 168 Å². The van der Waals surface area contributed by atoms with E-state index in [1.807, 2.05) is 6.07 Å². The highest BCUT2D eigenvalue weighted by atomic mass is 16.7. The highest BCUT2D eigenvalue weighted by Crippen LogP contribution is 2.32. The van der Waals surface area contributed by atoms with Crippen molar-refractivity contribution < 1.29 is 33.3 Å². The summed E-state index contributed by atoms with van der Waals surface area (Å²) in [6.07, 6.45) is 2.81. The summed E-state index contributed by atoms with van der Waals surface area (Å²) in [5, 5.41) is 2.68. The molecule has 8 heteroatoms. The molecule has 8 nitrogen and oxygen atoms in total. The molecule has 3 rings (SSSR count). The Morgan fingerprint density at radius 3 is 2.62 bits per heavy atom. The minimum absolute atomic E-state index is 0.192. The van der Waals surface area contributed by atoms with Crippen LogP contribution in [0.2, 0.25) is 0 Å². The van der Waals surface area contributed by atoms with Gasteiger partial charge in [0.2, 0.25) is 6.79 Å². The van der Waals surface area contributed by atoms with Gasteiger partial charge in [-0.1, -0.05) is 12.1 Å². The Hall–Kier alpha value is -3.68. The first kappa shape index (κ1) is 20.1. The van der Waals surface area contributed by atoms with E-state index in [1.165, 1.54) is 13.2 Å². The molecule has 0 saturated heterocycles. The topological polar surface area (TPSA) is 92.3 Å². The standard InChI is InChI=1S/C21H21NO7/c1-25-16-6-3-14(9-18(16)26-2)5-8-21(24)27-12-20(23)22-11-15-4-7-17-19(10-15)29-13-28-17/h3-10H,11-13H2,1-2H3,(H,22,23)/b8-5+. The van der Waals surface area contributed by atoms with E-state index in [-0.39, 0.29) is 19.9 Å². The quantitative estimate of drug-likeness (QED) is 0.538. The van der Waals surface area contributed by atoms with Crippen molar-refractivity contribution >= 4 is 18.0 Å². The lowest BCUT2D eigenvalue weighted by molar-refractivity contribution is -0.143. The largest absolute Gasteiger partial charge is 0.493 e. The average molecular weight is 399 g/mol. The van der Waals surface area contributed by atoms with E-state index in [0.29, 0.717) is 23.0 Å². The van der Waals surface area contributed by atoms with Gasteiger partial charge in [-0.05, 0) is 41.5 Å². The molecule has 0 spiro atoms. The van der Waals surface area contributed by atoms with E-state index in [4.69, 9.17) is 23.7 Å². The van der Waals surface area contributed by atoms with Crippen LogP contribution in [0.15, 0.2) is 42.5 Å². The van der Waals surface area contributed by atoms with E-state index in [9.17, 15) is 9.59 Å². The van der Waals surface area contributed by atoms with Crippen LogP contribution in [0.1, 0.15) is 11.1 Å². The zero-order valence-corrected chi connectivity index (χ0v) is 16.1. The number of nitrogens with one attached hydrogen (secondary N) is 1. The third-order valence-electron chi connectivity index (χ3n) is 4.09. The Morgan fingerprint density at radius 2 is 1.83 bits per heavy atom. The lowest BCUT2D eigenvalue weighted by Gasteiger charge is -2.07. The van der Waals surface area contributed by atoms with Crippen LogP contribution in [0.5, 0.6) is 23.0 Å². The molecular weight excluding hydrogens is 378 g/mol. The number of carbonyl (C=O) groups is 2. The number of rotatable bonds is 8. The summed E-state index contributed by atoms with van der Waals surface area (Å²) in [5.74, 6) is 1.42. The van der Waals surface area contributed by atoms with Gasteiger partial charge in [-0.25, -0.2) is 4.79 Å². The lowest BCUT2D eigenvalue weighted by Crippen LogP contribution is -2.28. The van der Waals surface area contributed by atoms with Gasteiger partial charge < -0.3 is 29.0 Å². The van der Waals surface area contributed by atoms with Crippen molar-refractivity contribution in [3.05, 3.63) is 53.6 Å². The number of ether oxygens (including phenoxy) is 5. The summed E-state index contributed by atoms with van der Waals surface area (Å²) in [6.45, 7) is 0.103. The van der Waals surface area contributed by atoms with E-state index < -0.39 is 11.9 Å². The smallest absolute Gasteiger partial charge is 0.331 e. The fourth-order valence-corrected chi connectivity index (χ4v) is 2.61. The van der Waals surface area contributed by atoms with Crippen LogP contribution in [0.3, 0.4) is 0 Å². The number of hydrogen-bond donors (Lipinski definition) is 1. The number of fused-ring (bicyclic) bond motifs is 1. The monoisotopic (exact) mass is 399 g/mol. The molecule has 1 aliphatic rings. The molecule has 0 aliphatic carbocycles. The van der Waals surface area contributed by atoms with Crippen molar-refractivity contribution in [1.29, 1.82) is 0 Å². The number of benzene rings is 2. The maximum atomic E-state index is 11.9. The summed E-state index contributed by atoms with van der Waals surface area (Å²) in [7, 11) is 3.07. The summed E-state index contributed by atoms with van der Waals surface area (Å²) >= 11 is 0. The molecule has 1 aliphatic heterocycles. The molecule has 2 aromatic rings. The summed E-state index contributed by atoms with van der Waals surface area (Å²) < 4.78 is 25.8. The second-order valence-corrected chi connectivity index (χ2v) is 6.02. The van der Waals surface area contributed by atoms with Gasteiger partial charge in [0.1, 0.15) is 0 Å². The Morgan fingerprint density at radius 1 is 1.03 bits per heavy atom. The minimum Gasteiger partial charge on any atom is -0.493 e. The molecule has 0 saturated carbocycles. The summed E-state index contributed by atoms with van der Waals surface area (Å²) in [5.41, 5.74) is 1.58. The Kier molecular flexibility index (Phi) is 6.57. The van der Waals surface area contributed by atoms with Crippen LogP contribution in [0.25, 0.3) is 6.08 Å². The van der Waals surface area contributed by atoms with E-state index >= 15 is 0 Å². The minimum atomic E-state index is -0.627. The molecule has 0 aromatic heterocycles. The molecule has 29 heavy (non-hydrogen) atoms. The summed E-state index contributed by atoms with van der Waals surface area (Å²) in [4.78, 5) is 23.7. The zero-order chi connectivity index (χ0) is 20.6. The molecule has 0 unspecified atom stereocenters. The first-order chi connectivity index (χ1) is 14.1. The van der Waals surface area contributed by atoms with Crippen molar-refractivity contribution in [3.63, 3.8) is 0 Å². The van der Waals surface area contributed by atoms with Crippen LogP contribution in [-0.2, 0) is 20.9 Å².